The Morgan fingerprint density at radius 2 is 1.86 bits per heavy atom. The highest BCUT2D eigenvalue weighted by molar-refractivity contribution is 6.00. The molecule has 0 unspecified atom stereocenters. The van der Waals surface area contributed by atoms with E-state index in [1.807, 2.05) is 64.3 Å². The molecule has 2 amide bonds. The van der Waals surface area contributed by atoms with Crippen LogP contribution in [0.1, 0.15) is 29.2 Å². The van der Waals surface area contributed by atoms with Gasteiger partial charge < -0.3 is 15.1 Å². The largest absolute Gasteiger partial charge is 0.354 e. The summed E-state index contributed by atoms with van der Waals surface area (Å²) in [6.45, 7) is 5.01. The van der Waals surface area contributed by atoms with Gasteiger partial charge in [-0.1, -0.05) is 42.5 Å². The summed E-state index contributed by atoms with van der Waals surface area (Å²) in [5.41, 5.74) is 4.31. The molecule has 2 aromatic rings. The molecule has 1 saturated heterocycles. The number of hydrogen-bond donors (Lipinski definition) is 1. The second kappa shape index (κ2) is 8.57. The Labute approximate surface area is 167 Å². The normalized spacial score (nSPS) is 17.8. The fourth-order valence-electron chi connectivity index (χ4n) is 3.76. The molecule has 2 aromatic carbocycles. The van der Waals surface area contributed by atoms with Crippen LogP contribution in [0.3, 0.4) is 0 Å². The van der Waals surface area contributed by atoms with Crippen LogP contribution in [0.2, 0.25) is 0 Å². The van der Waals surface area contributed by atoms with Crippen molar-refractivity contribution in [2.75, 3.05) is 32.1 Å². The van der Waals surface area contributed by atoms with Gasteiger partial charge in [-0.2, -0.15) is 0 Å². The Morgan fingerprint density at radius 1 is 1.14 bits per heavy atom. The average Bonchev–Trinajstić information content (AvgIpc) is 3.06. The van der Waals surface area contributed by atoms with Gasteiger partial charge in [-0.15, -0.1) is 0 Å². The van der Waals surface area contributed by atoms with Crippen LogP contribution in [0.5, 0.6) is 0 Å². The van der Waals surface area contributed by atoms with E-state index in [2.05, 4.69) is 22.3 Å². The minimum Gasteiger partial charge on any atom is -0.354 e. The molecular formula is C23H29N3O2. The third-order valence-electron chi connectivity index (χ3n) is 5.64. The summed E-state index contributed by atoms with van der Waals surface area (Å²) >= 11 is 0. The number of rotatable bonds is 6. The summed E-state index contributed by atoms with van der Waals surface area (Å²) in [7, 11) is 4.01. The van der Waals surface area contributed by atoms with Crippen molar-refractivity contribution in [3.63, 3.8) is 0 Å². The molecule has 1 aliphatic rings. The van der Waals surface area contributed by atoms with Crippen molar-refractivity contribution >= 4 is 17.5 Å². The molecule has 1 heterocycles. The van der Waals surface area contributed by atoms with E-state index in [0.29, 0.717) is 13.1 Å². The van der Waals surface area contributed by atoms with Crippen LogP contribution in [0.4, 0.5) is 5.69 Å². The molecule has 5 nitrogen and oxygen atoms in total. The van der Waals surface area contributed by atoms with Crippen LogP contribution in [0.25, 0.3) is 0 Å². The molecule has 1 fully saturated rings. The van der Waals surface area contributed by atoms with Crippen molar-refractivity contribution in [3.05, 3.63) is 65.2 Å². The molecule has 2 atom stereocenters. The highest BCUT2D eigenvalue weighted by Gasteiger charge is 2.36. The van der Waals surface area contributed by atoms with Crippen molar-refractivity contribution in [1.29, 1.82) is 0 Å². The molecule has 0 bridgehead atoms. The first-order valence-corrected chi connectivity index (χ1v) is 9.74. The van der Waals surface area contributed by atoms with E-state index in [0.717, 1.165) is 22.4 Å². The van der Waals surface area contributed by atoms with Crippen molar-refractivity contribution in [3.8, 4) is 0 Å². The number of benzene rings is 2. The number of nitrogens with one attached hydrogen (secondary N) is 1. The number of anilines is 1. The quantitative estimate of drug-likeness (QED) is 0.839. The predicted molar refractivity (Wildman–Crippen MR) is 112 cm³/mol. The number of nitrogens with zero attached hydrogens (tertiary/aromatic N) is 2. The van der Waals surface area contributed by atoms with Crippen LogP contribution in [-0.4, -0.2) is 43.9 Å². The topological polar surface area (TPSA) is 52.7 Å². The third-order valence-corrected chi connectivity index (χ3v) is 5.64. The first kappa shape index (κ1) is 20.1. The van der Waals surface area contributed by atoms with Crippen LogP contribution in [-0.2, 0) is 9.59 Å². The summed E-state index contributed by atoms with van der Waals surface area (Å²) in [4.78, 5) is 29.2. The van der Waals surface area contributed by atoms with Crippen molar-refractivity contribution < 1.29 is 9.59 Å². The Morgan fingerprint density at radius 3 is 2.54 bits per heavy atom. The Hall–Kier alpha value is -2.66. The van der Waals surface area contributed by atoms with Crippen LogP contribution in [0.15, 0.2) is 48.5 Å². The fraction of sp³-hybridized carbons (Fsp3) is 0.391. The first-order chi connectivity index (χ1) is 13.4. The highest BCUT2D eigenvalue weighted by atomic mass is 16.2. The molecule has 1 aliphatic heterocycles. The lowest BCUT2D eigenvalue weighted by molar-refractivity contribution is -0.126. The van der Waals surface area contributed by atoms with Gasteiger partial charge in [-0.25, -0.2) is 0 Å². The van der Waals surface area contributed by atoms with E-state index in [9.17, 15) is 9.59 Å². The number of likely N-dealkylation sites (N-methyl/N-ethyl adjacent to an activating group) is 1. The molecule has 0 spiro atoms. The van der Waals surface area contributed by atoms with Gasteiger partial charge in [-0.3, -0.25) is 9.59 Å². The van der Waals surface area contributed by atoms with Gasteiger partial charge in [-0.05, 0) is 50.7 Å². The molecule has 148 valence electrons. The Balaban J connectivity index is 1.65. The molecule has 0 saturated carbocycles. The smallest absolute Gasteiger partial charge is 0.227 e. The Bertz CT molecular complexity index is 848. The maximum absolute atomic E-state index is 12.8. The second-order valence-corrected chi connectivity index (χ2v) is 7.76. The zero-order valence-corrected chi connectivity index (χ0v) is 17.1. The van der Waals surface area contributed by atoms with Crippen LogP contribution >= 0.6 is 0 Å². The molecule has 3 rings (SSSR count). The monoisotopic (exact) mass is 379 g/mol. The van der Waals surface area contributed by atoms with E-state index >= 15 is 0 Å². The minimum absolute atomic E-state index is 0.0149. The van der Waals surface area contributed by atoms with E-state index in [-0.39, 0.29) is 30.2 Å². The van der Waals surface area contributed by atoms with E-state index in [1.165, 1.54) is 0 Å². The van der Waals surface area contributed by atoms with Crippen LogP contribution < -0.4 is 10.2 Å². The minimum atomic E-state index is -0.314. The van der Waals surface area contributed by atoms with Crippen molar-refractivity contribution in [2.45, 2.75) is 26.3 Å². The molecule has 0 radical (unpaired) electrons. The van der Waals surface area contributed by atoms with E-state index in [4.69, 9.17) is 0 Å². The molecular weight excluding hydrogens is 350 g/mol. The van der Waals surface area contributed by atoms with Crippen molar-refractivity contribution in [1.82, 2.24) is 10.2 Å². The van der Waals surface area contributed by atoms with E-state index in [1.54, 1.807) is 4.90 Å². The summed E-state index contributed by atoms with van der Waals surface area (Å²) in [6.07, 6.45) is 0.261. The maximum Gasteiger partial charge on any atom is 0.227 e. The summed E-state index contributed by atoms with van der Waals surface area (Å²) in [6, 6.07) is 16.2. The van der Waals surface area contributed by atoms with Gasteiger partial charge in [0.2, 0.25) is 11.8 Å². The lowest BCUT2D eigenvalue weighted by atomic mass is 10.0. The number of carbonyl (C=O) groups is 2. The fourth-order valence-corrected chi connectivity index (χ4v) is 3.76. The average molecular weight is 380 g/mol. The molecule has 1 N–H and O–H groups in total. The van der Waals surface area contributed by atoms with E-state index < -0.39 is 0 Å². The van der Waals surface area contributed by atoms with Gasteiger partial charge in [0, 0.05) is 25.2 Å². The lowest BCUT2D eigenvalue weighted by Crippen LogP contribution is -2.38. The number of amides is 2. The highest BCUT2D eigenvalue weighted by Crippen LogP contribution is 2.29. The maximum atomic E-state index is 12.8. The number of aryl methyl sites for hydroxylation is 1. The summed E-state index contributed by atoms with van der Waals surface area (Å²) < 4.78 is 0. The van der Waals surface area contributed by atoms with Gasteiger partial charge in [0.1, 0.15) is 0 Å². The van der Waals surface area contributed by atoms with Crippen molar-refractivity contribution in [2.24, 2.45) is 5.92 Å². The first-order valence-electron chi connectivity index (χ1n) is 9.74. The van der Waals surface area contributed by atoms with Gasteiger partial charge in [0.15, 0.2) is 0 Å². The summed E-state index contributed by atoms with van der Waals surface area (Å²) in [5.74, 6) is -0.351. The lowest BCUT2D eigenvalue weighted by Gasteiger charge is -2.26. The molecule has 5 heteroatoms. The molecule has 28 heavy (non-hydrogen) atoms. The standard InChI is InChI=1S/C23H29N3O2/c1-16-9-8-12-20(17(16)2)26-15-19(13-22(26)27)23(28)24-14-21(25(3)4)18-10-6-5-7-11-18/h5-12,19,21H,13-15H2,1-4H3,(H,24,28)/t19-,21-/m1/s1. The number of hydrogen-bond acceptors (Lipinski definition) is 3. The predicted octanol–water partition coefficient (Wildman–Crippen LogP) is 3.08. The molecule has 0 aromatic heterocycles. The third kappa shape index (κ3) is 4.25. The SMILES string of the molecule is Cc1cccc(N2C[C@H](C(=O)NC[C@H](c3ccccc3)N(C)C)CC2=O)c1C. The van der Waals surface area contributed by atoms with Crippen LogP contribution in [0, 0.1) is 19.8 Å². The zero-order chi connectivity index (χ0) is 20.3. The second-order valence-electron chi connectivity index (χ2n) is 7.76. The van der Waals surface area contributed by atoms with Gasteiger partial charge in [0.25, 0.3) is 0 Å². The zero-order valence-electron chi connectivity index (χ0n) is 17.1. The molecule has 0 aliphatic carbocycles. The number of carbonyl (C=O) groups excluding carboxylic acids is 2. The summed E-state index contributed by atoms with van der Waals surface area (Å²) in [5, 5.41) is 3.06. The van der Waals surface area contributed by atoms with Gasteiger partial charge >= 0.3 is 0 Å². The van der Waals surface area contributed by atoms with Gasteiger partial charge in [0.05, 0.1) is 12.0 Å². The Kier molecular flexibility index (Phi) is 6.15.